The zero-order chi connectivity index (χ0) is 8.39. The average Bonchev–Trinajstić information content (AvgIpc) is 2.56. The first kappa shape index (κ1) is 8.63. The largest absolute Gasteiger partial charge is 0.126 e. The fraction of sp³-hybridized carbons (Fsp3) is 0.200. The van der Waals surface area contributed by atoms with E-state index in [4.69, 9.17) is 0 Å². The summed E-state index contributed by atoms with van der Waals surface area (Å²) >= 11 is 4.28. The molecule has 0 aromatic heterocycles. The van der Waals surface area contributed by atoms with E-state index in [9.17, 15) is 0 Å². The van der Waals surface area contributed by atoms with Gasteiger partial charge in [0.1, 0.15) is 0 Å². The molecule has 0 amide bonds. The van der Waals surface area contributed by atoms with Gasteiger partial charge >= 0.3 is 0 Å². The van der Waals surface area contributed by atoms with E-state index in [1.807, 2.05) is 11.8 Å². The van der Waals surface area contributed by atoms with Crippen molar-refractivity contribution in [3.05, 3.63) is 44.9 Å². The molecule has 2 rings (SSSR count). The molecule has 1 aromatic carbocycles. The minimum atomic E-state index is 0.666. The molecule has 0 nitrogen and oxygen atoms in total. The molecule has 0 bridgehead atoms. The van der Waals surface area contributed by atoms with Crippen LogP contribution >= 0.6 is 34.4 Å². The Balaban J connectivity index is 2.22. The summed E-state index contributed by atoms with van der Waals surface area (Å²) in [6.45, 7) is 0. The van der Waals surface area contributed by atoms with Crippen molar-refractivity contribution in [3.63, 3.8) is 0 Å². The maximum atomic E-state index is 2.36. The first-order valence-corrected chi connectivity index (χ1v) is 5.94. The van der Waals surface area contributed by atoms with Crippen LogP contribution < -0.4 is 0 Å². The second-order valence-corrected chi connectivity index (χ2v) is 5.15. The smallest absolute Gasteiger partial charge is 0.0373 e. The van der Waals surface area contributed by atoms with E-state index in [-0.39, 0.29) is 0 Å². The van der Waals surface area contributed by atoms with Crippen molar-refractivity contribution < 1.29 is 0 Å². The van der Waals surface area contributed by atoms with Crippen LogP contribution in [0, 0.1) is 3.57 Å². The Morgan fingerprint density at radius 3 is 3.00 bits per heavy atom. The van der Waals surface area contributed by atoms with Gasteiger partial charge in [-0.25, -0.2) is 0 Å². The lowest BCUT2D eigenvalue weighted by Gasteiger charge is -2.08. The van der Waals surface area contributed by atoms with E-state index >= 15 is 0 Å². The van der Waals surface area contributed by atoms with E-state index in [1.54, 1.807) is 0 Å². The molecule has 62 valence electrons. The standard InChI is InChI=1S/C10H9IS/c11-9-4-1-3-8(7-9)10-5-2-6-12-10/h1-4,6-7,10H,5H2. The second-order valence-electron chi connectivity index (χ2n) is 2.79. The fourth-order valence-electron chi connectivity index (χ4n) is 1.31. The molecule has 0 N–H and O–H groups in total. The number of thioether (sulfide) groups is 1. The number of hydrogen-bond donors (Lipinski definition) is 0. The summed E-state index contributed by atoms with van der Waals surface area (Å²) in [6, 6.07) is 8.76. The number of rotatable bonds is 1. The van der Waals surface area contributed by atoms with Gasteiger partial charge in [-0.15, -0.1) is 11.8 Å². The molecule has 1 aliphatic rings. The zero-order valence-electron chi connectivity index (χ0n) is 6.53. The molecule has 0 aliphatic carbocycles. The SMILES string of the molecule is Ic1cccc(C2CC=CS2)c1. The van der Waals surface area contributed by atoms with Gasteiger partial charge in [-0.3, -0.25) is 0 Å². The molecule has 0 fully saturated rings. The van der Waals surface area contributed by atoms with Crippen molar-refractivity contribution >= 4 is 34.4 Å². The molecule has 1 aliphatic heterocycles. The zero-order valence-corrected chi connectivity index (χ0v) is 9.51. The van der Waals surface area contributed by atoms with Gasteiger partial charge < -0.3 is 0 Å². The summed E-state index contributed by atoms with van der Waals surface area (Å²) < 4.78 is 1.33. The Morgan fingerprint density at radius 2 is 2.33 bits per heavy atom. The number of hydrogen-bond acceptors (Lipinski definition) is 1. The summed E-state index contributed by atoms with van der Waals surface area (Å²) in [5, 5.41) is 2.87. The third kappa shape index (κ3) is 1.85. The summed E-state index contributed by atoms with van der Waals surface area (Å²) in [7, 11) is 0. The van der Waals surface area contributed by atoms with Gasteiger partial charge in [-0.2, -0.15) is 0 Å². The van der Waals surface area contributed by atoms with E-state index in [0.29, 0.717) is 5.25 Å². The molecule has 0 radical (unpaired) electrons. The summed E-state index contributed by atoms with van der Waals surface area (Å²) in [4.78, 5) is 0. The van der Waals surface area contributed by atoms with E-state index < -0.39 is 0 Å². The van der Waals surface area contributed by atoms with Crippen LogP contribution in [-0.2, 0) is 0 Å². The monoisotopic (exact) mass is 288 g/mol. The topological polar surface area (TPSA) is 0 Å². The molecule has 1 heterocycles. The molecule has 12 heavy (non-hydrogen) atoms. The second kappa shape index (κ2) is 3.83. The summed E-state index contributed by atoms with van der Waals surface area (Å²) in [5.41, 5.74) is 1.46. The van der Waals surface area contributed by atoms with Gasteiger partial charge in [0.15, 0.2) is 0 Å². The Labute approximate surface area is 90.6 Å². The summed E-state index contributed by atoms with van der Waals surface area (Å²) in [5.74, 6) is 0. The van der Waals surface area contributed by atoms with E-state index in [1.165, 1.54) is 15.6 Å². The van der Waals surface area contributed by atoms with Gasteiger partial charge in [0, 0.05) is 8.82 Å². The van der Waals surface area contributed by atoms with Gasteiger partial charge in [-0.1, -0.05) is 18.2 Å². The van der Waals surface area contributed by atoms with Gasteiger partial charge in [-0.05, 0) is 52.1 Å². The molecule has 2 heteroatoms. The van der Waals surface area contributed by atoms with E-state index in [2.05, 4.69) is 58.3 Å². The lowest BCUT2D eigenvalue weighted by Crippen LogP contribution is -1.88. The predicted octanol–water partition coefficient (Wildman–Crippen LogP) is 3.98. The minimum absolute atomic E-state index is 0.666. The van der Waals surface area contributed by atoms with Crippen LogP contribution in [0.1, 0.15) is 17.2 Å². The number of benzene rings is 1. The van der Waals surface area contributed by atoms with Crippen molar-refractivity contribution in [3.8, 4) is 0 Å². The van der Waals surface area contributed by atoms with Crippen molar-refractivity contribution in [2.45, 2.75) is 11.7 Å². The Morgan fingerprint density at radius 1 is 1.42 bits per heavy atom. The third-order valence-electron chi connectivity index (χ3n) is 1.91. The minimum Gasteiger partial charge on any atom is -0.126 e. The first-order chi connectivity index (χ1) is 5.86. The highest BCUT2D eigenvalue weighted by Crippen LogP contribution is 2.38. The Bertz CT molecular complexity index is 298. The number of halogens is 1. The molecular formula is C10H9IS. The number of allylic oxidation sites excluding steroid dienone is 1. The van der Waals surface area contributed by atoms with Crippen LogP contribution in [-0.4, -0.2) is 0 Å². The highest BCUT2D eigenvalue weighted by molar-refractivity contribution is 14.1. The van der Waals surface area contributed by atoms with Crippen LogP contribution in [0.25, 0.3) is 0 Å². The van der Waals surface area contributed by atoms with Gasteiger partial charge in [0.2, 0.25) is 0 Å². The lowest BCUT2D eigenvalue weighted by atomic mass is 10.1. The maximum Gasteiger partial charge on any atom is 0.0373 e. The predicted molar refractivity (Wildman–Crippen MR) is 63.2 cm³/mol. The molecule has 0 spiro atoms. The molecule has 0 saturated heterocycles. The highest BCUT2D eigenvalue weighted by atomic mass is 127. The van der Waals surface area contributed by atoms with Crippen LogP contribution in [0.15, 0.2) is 35.7 Å². The van der Waals surface area contributed by atoms with Crippen molar-refractivity contribution in [2.24, 2.45) is 0 Å². The molecule has 1 aromatic rings. The highest BCUT2D eigenvalue weighted by Gasteiger charge is 2.12. The quantitative estimate of drug-likeness (QED) is 0.704. The lowest BCUT2D eigenvalue weighted by molar-refractivity contribution is 0.989. The first-order valence-electron chi connectivity index (χ1n) is 3.92. The fourth-order valence-corrected chi connectivity index (χ4v) is 2.81. The van der Waals surface area contributed by atoms with Gasteiger partial charge in [0.25, 0.3) is 0 Å². The van der Waals surface area contributed by atoms with Crippen molar-refractivity contribution in [1.29, 1.82) is 0 Å². The average molecular weight is 288 g/mol. The van der Waals surface area contributed by atoms with Gasteiger partial charge in [0.05, 0.1) is 0 Å². The molecule has 0 saturated carbocycles. The molecule has 1 atom stereocenters. The van der Waals surface area contributed by atoms with Crippen LogP contribution in [0.4, 0.5) is 0 Å². The normalized spacial score (nSPS) is 21.6. The van der Waals surface area contributed by atoms with Crippen LogP contribution in [0.2, 0.25) is 0 Å². The Hall–Kier alpha value is 0.0400. The third-order valence-corrected chi connectivity index (χ3v) is 3.72. The molecule has 1 unspecified atom stereocenters. The van der Waals surface area contributed by atoms with Crippen molar-refractivity contribution in [1.82, 2.24) is 0 Å². The summed E-state index contributed by atoms with van der Waals surface area (Å²) in [6.07, 6.45) is 3.43. The molecular weight excluding hydrogens is 279 g/mol. The van der Waals surface area contributed by atoms with Crippen LogP contribution in [0.3, 0.4) is 0 Å². The maximum absolute atomic E-state index is 2.36. The van der Waals surface area contributed by atoms with E-state index in [0.717, 1.165) is 0 Å². The van der Waals surface area contributed by atoms with Crippen LogP contribution in [0.5, 0.6) is 0 Å². The van der Waals surface area contributed by atoms with Crippen molar-refractivity contribution in [2.75, 3.05) is 0 Å². The Kier molecular flexibility index (Phi) is 2.76.